The van der Waals surface area contributed by atoms with Crippen molar-refractivity contribution in [1.82, 2.24) is 15.1 Å². The Kier molecular flexibility index (Phi) is 4.27. The van der Waals surface area contributed by atoms with Gasteiger partial charge in [-0.3, -0.25) is 9.89 Å². The van der Waals surface area contributed by atoms with Crippen molar-refractivity contribution >= 4 is 17.5 Å². The van der Waals surface area contributed by atoms with Crippen molar-refractivity contribution in [3.8, 4) is 0 Å². The number of alkyl halides is 1. The summed E-state index contributed by atoms with van der Waals surface area (Å²) in [5.74, 6) is 0.0864. The summed E-state index contributed by atoms with van der Waals surface area (Å²) >= 11 is 6.08. The van der Waals surface area contributed by atoms with E-state index in [1.165, 1.54) is 6.42 Å². The van der Waals surface area contributed by atoms with Crippen LogP contribution in [0.3, 0.4) is 0 Å². The number of carbonyl (C=O) groups is 1. The third kappa shape index (κ3) is 2.86. The smallest absolute Gasteiger partial charge is 0.257 e. The van der Waals surface area contributed by atoms with Crippen LogP contribution in [0.1, 0.15) is 48.7 Å². The van der Waals surface area contributed by atoms with E-state index < -0.39 is 0 Å². The molecule has 5 heteroatoms. The first-order chi connectivity index (χ1) is 8.59. The Morgan fingerprint density at radius 3 is 3.06 bits per heavy atom. The molecule has 0 bridgehead atoms. The highest BCUT2D eigenvalue weighted by Gasteiger charge is 2.29. The second kappa shape index (κ2) is 5.74. The van der Waals surface area contributed by atoms with Crippen molar-refractivity contribution in [3.05, 3.63) is 17.5 Å². The zero-order valence-corrected chi connectivity index (χ0v) is 11.7. The van der Waals surface area contributed by atoms with Crippen LogP contribution in [0.5, 0.6) is 0 Å². The van der Waals surface area contributed by atoms with Gasteiger partial charge in [-0.2, -0.15) is 5.10 Å². The molecule has 18 heavy (non-hydrogen) atoms. The maximum absolute atomic E-state index is 12.5. The van der Waals surface area contributed by atoms with Crippen molar-refractivity contribution in [3.63, 3.8) is 0 Å². The summed E-state index contributed by atoms with van der Waals surface area (Å²) in [6.45, 7) is 4.70. The van der Waals surface area contributed by atoms with Gasteiger partial charge >= 0.3 is 0 Å². The summed E-state index contributed by atoms with van der Waals surface area (Å²) < 4.78 is 0. The molecule has 1 aromatic heterocycles. The fourth-order valence-corrected chi connectivity index (χ4v) is 2.81. The summed E-state index contributed by atoms with van der Waals surface area (Å²) in [5, 5.41) is 6.85. The van der Waals surface area contributed by atoms with Gasteiger partial charge < -0.3 is 4.90 Å². The van der Waals surface area contributed by atoms with E-state index in [2.05, 4.69) is 10.2 Å². The molecule has 2 atom stereocenters. The van der Waals surface area contributed by atoms with Crippen LogP contribution in [0.15, 0.2) is 6.20 Å². The molecule has 1 saturated heterocycles. The number of likely N-dealkylation sites (tertiary alicyclic amines) is 1. The van der Waals surface area contributed by atoms with E-state index in [0.29, 0.717) is 5.56 Å². The summed E-state index contributed by atoms with van der Waals surface area (Å²) in [6.07, 6.45) is 5.80. The number of halogens is 1. The van der Waals surface area contributed by atoms with Gasteiger partial charge in [0.25, 0.3) is 5.91 Å². The highest BCUT2D eigenvalue weighted by atomic mass is 35.5. The standard InChI is InChI=1S/C13H20ClN3O/c1-9(14)7-11-5-3-4-6-17(11)13(18)12-8-15-16-10(12)2/h8-9,11H,3-7H2,1-2H3,(H,15,16). The van der Waals surface area contributed by atoms with E-state index in [-0.39, 0.29) is 17.3 Å². The first kappa shape index (κ1) is 13.4. The molecule has 1 aromatic rings. The highest BCUT2D eigenvalue weighted by molar-refractivity contribution is 6.20. The van der Waals surface area contributed by atoms with Gasteiger partial charge in [-0.15, -0.1) is 11.6 Å². The predicted octanol–water partition coefficient (Wildman–Crippen LogP) is 2.73. The van der Waals surface area contributed by atoms with E-state index in [4.69, 9.17) is 11.6 Å². The minimum atomic E-state index is 0.0864. The normalized spacial score (nSPS) is 21.9. The molecule has 0 aromatic carbocycles. The number of aryl methyl sites for hydroxylation is 1. The second-order valence-corrected chi connectivity index (χ2v) is 5.82. The zero-order chi connectivity index (χ0) is 13.1. The third-order valence-electron chi connectivity index (χ3n) is 3.55. The molecule has 100 valence electrons. The number of rotatable bonds is 3. The maximum atomic E-state index is 12.5. The number of aromatic nitrogens is 2. The quantitative estimate of drug-likeness (QED) is 0.858. The number of hydrogen-bond acceptors (Lipinski definition) is 2. The lowest BCUT2D eigenvalue weighted by atomic mass is 9.97. The van der Waals surface area contributed by atoms with Crippen LogP contribution in [-0.2, 0) is 0 Å². The Morgan fingerprint density at radius 2 is 2.44 bits per heavy atom. The van der Waals surface area contributed by atoms with Crippen molar-refractivity contribution < 1.29 is 4.79 Å². The molecular weight excluding hydrogens is 250 g/mol. The lowest BCUT2D eigenvalue weighted by Crippen LogP contribution is -2.44. The van der Waals surface area contributed by atoms with Crippen molar-refractivity contribution in [2.24, 2.45) is 0 Å². The molecule has 1 fully saturated rings. The molecule has 0 spiro atoms. The molecule has 0 radical (unpaired) electrons. The van der Waals surface area contributed by atoms with Crippen molar-refractivity contribution in [1.29, 1.82) is 0 Å². The molecule has 0 saturated carbocycles. The second-order valence-electron chi connectivity index (χ2n) is 5.07. The van der Waals surface area contributed by atoms with Crippen LogP contribution in [0.25, 0.3) is 0 Å². The average Bonchev–Trinajstić information content (AvgIpc) is 2.74. The fourth-order valence-electron chi connectivity index (χ4n) is 2.61. The van der Waals surface area contributed by atoms with Crippen LogP contribution in [0, 0.1) is 6.92 Å². The van der Waals surface area contributed by atoms with Crippen molar-refractivity contribution in [2.75, 3.05) is 6.54 Å². The minimum Gasteiger partial charge on any atom is -0.336 e. The van der Waals surface area contributed by atoms with E-state index in [1.54, 1.807) is 6.20 Å². The summed E-state index contributed by atoms with van der Waals surface area (Å²) in [4.78, 5) is 14.5. The third-order valence-corrected chi connectivity index (χ3v) is 3.72. The van der Waals surface area contributed by atoms with Crippen molar-refractivity contribution in [2.45, 2.75) is 50.9 Å². The molecule has 2 rings (SSSR count). The first-order valence-electron chi connectivity index (χ1n) is 6.54. The molecule has 1 amide bonds. The van der Waals surface area contributed by atoms with Crippen LogP contribution < -0.4 is 0 Å². The molecule has 0 aliphatic carbocycles. The Balaban J connectivity index is 2.13. The topological polar surface area (TPSA) is 49.0 Å². The van der Waals surface area contributed by atoms with E-state index in [1.807, 2.05) is 18.7 Å². The minimum absolute atomic E-state index is 0.0864. The van der Waals surface area contributed by atoms with Gasteiger partial charge in [0.2, 0.25) is 0 Å². The number of aromatic amines is 1. The fraction of sp³-hybridized carbons (Fsp3) is 0.692. The van der Waals surface area contributed by atoms with E-state index in [9.17, 15) is 4.79 Å². The summed E-state index contributed by atoms with van der Waals surface area (Å²) in [7, 11) is 0. The molecule has 1 aliphatic rings. The Morgan fingerprint density at radius 1 is 1.67 bits per heavy atom. The number of amides is 1. The average molecular weight is 270 g/mol. The van der Waals surface area contributed by atoms with Gasteiger partial charge in [0, 0.05) is 23.7 Å². The monoisotopic (exact) mass is 269 g/mol. The number of carbonyl (C=O) groups excluding carboxylic acids is 1. The molecule has 2 heterocycles. The SMILES string of the molecule is Cc1[nH]ncc1C(=O)N1CCCCC1CC(C)Cl. The van der Waals surface area contributed by atoms with Gasteiger partial charge in [-0.1, -0.05) is 0 Å². The van der Waals surface area contributed by atoms with Gasteiger partial charge in [0.1, 0.15) is 0 Å². The zero-order valence-electron chi connectivity index (χ0n) is 10.9. The lowest BCUT2D eigenvalue weighted by Gasteiger charge is -2.36. The predicted molar refractivity (Wildman–Crippen MR) is 71.9 cm³/mol. The highest BCUT2D eigenvalue weighted by Crippen LogP contribution is 2.24. The van der Waals surface area contributed by atoms with Gasteiger partial charge in [-0.25, -0.2) is 0 Å². The van der Waals surface area contributed by atoms with Crippen LogP contribution in [-0.4, -0.2) is 39.0 Å². The number of H-pyrrole nitrogens is 1. The van der Waals surface area contributed by atoms with E-state index >= 15 is 0 Å². The number of piperidine rings is 1. The van der Waals surface area contributed by atoms with Crippen LogP contribution in [0.2, 0.25) is 0 Å². The van der Waals surface area contributed by atoms with E-state index in [0.717, 1.165) is 31.5 Å². The Hall–Kier alpha value is -1.03. The Labute approximate surface area is 113 Å². The number of nitrogens with one attached hydrogen (secondary N) is 1. The van der Waals surface area contributed by atoms with Crippen LogP contribution >= 0.6 is 11.6 Å². The molecule has 1 N–H and O–H groups in total. The summed E-state index contributed by atoms with van der Waals surface area (Å²) in [6, 6.07) is 0.271. The molecule has 4 nitrogen and oxygen atoms in total. The molecule has 1 aliphatic heterocycles. The van der Waals surface area contributed by atoms with Gasteiger partial charge in [-0.05, 0) is 39.5 Å². The summed E-state index contributed by atoms with van der Waals surface area (Å²) in [5.41, 5.74) is 1.52. The van der Waals surface area contributed by atoms with Crippen LogP contribution in [0.4, 0.5) is 0 Å². The Bertz CT molecular complexity index is 416. The lowest BCUT2D eigenvalue weighted by molar-refractivity contribution is 0.0601. The van der Waals surface area contributed by atoms with Gasteiger partial charge in [0.15, 0.2) is 0 Å². The van der Waals surface area contributed by atoms with Gasteiger partial charge in [0.05, 0.1) is 11.8 Å². The number of nitrogens with zero attached hydrogens (tertiary/aromatic N) is 2. The molecular formula is C13H20ClN3O. The largest absolute Gasteiger partial charge is 0.336 e. The maximum Gasteiger partial charge on any atom is 0.257 e. The first-order valence-corrected chi connectivity index (χ1v) is 6.98. The molecule has 2 unspecified atom stereocenters. The number of hydrogen-bond donors (Lipinski definition) is 1.